The van der Waals surface area contributed by atoms with Crippen molar-refractivity contribution >= 4 is 23.0 Å². The Hall–Kier alpha value is -2.93. The standard InChI is InChI=1S/C21H26N4O3/c1-16(2)17-7-3-4-8-18(17)22-21(26)15-23-11-13-24(14-12-23)19-9-5-6-10-20(19)25(27)28/h3-10,16H,11-15H2,1-2H3,(H,22,26). The molecule has 1 aliphatic heterocycles. The molecule has 0 aromatic heterocycles. The van der Waals surface area contributed by atoms with Crippen LogP contribution in [0.2, 0.25) is 0 Å². The van der Waals surface area contributed by atoms with Gasteiger partial charge in [-0.15, -0.1) is 0 Å². The topological polar surface area (TPSA) is 78.7 Å². The molecule has 3 rings (SSSR count). The van der Waals surface area contributed by atoms with Crippen molar-refractivity contribution in [2.45, 2.75) is 19.8 Å². The number of piperazine rings is 1. The molecule has 0 atom stereocenters. The minimum Gasteiger partial charge on any atom is -0.363 e. The van der Waals surface area contributed by atoms with Gasteiger partial charge in [-0.2, -0.15) is 0 Å². The van der Waals surface area contributed by atoms with E-state index in [1.165, 1.54) is 6.07 Å². The molecule has 1 heterocycles. The van der Waals surface area contributed by atoms with E-state index in [4.69, 9.17) is 0 Å². The molecule has 0 unspecified atom stereocenters. The summed E-state index contributed by atoms with van der Waals surface area (Å²) in [4.78, 5) is 27.5. The van der Waals surface area contributed by atoms with Crippen LogP contribution in [0.4, 0.5) is 17.1 Å². The first-order valence-electron chi connectivity index (χ1n) is 9.55. The minimum atomic E-state index is -0.346. The van der Waals surface area contributed by atoms with E-state index in [0.29, 0.717) is 44.3 Å². The number of amides is 1. The Kier molecular flexibility index (Phi) is 6.26. The maximum Gasteiger partial charge on any atom is 0.292 e. The van der Waals surface area contributed by atoms with E-state index in [0.717, 1.165) is 11.3 Å². The SMILES string of the molecule is CC(C)c1ccccc1NC(=O)CN1CCN(c2ccccc2[N+](=O)[O-])CC1. The minimum absolute atomic E-state index is 0.0350. The average molecular weight is 382 g/mol. The van der Waals surface area contributed by atoms with Crippen LogP contribution in [0.25, 0.3) is 0 Å². The van der Waals surface area contributed by atoms with Crippen LogP contribution in [0.3, 0.4) is 0 Å². The van der Waals surface area contributed by atoms with Crippen LogP contribution >= 0.6 is 0 Å². The van der Waals surface area contributed by atoms with E-state index >= 15 is 0 Å². The van der Waals surface area contributed by atoms with Gasteiger partial charge in [0.2, 0.25) is 5.91 Å². The molecule has 1 fully saturated rings. The Bertz CT molecular complexity index is 845. The van der Waals surface area contributed by atoms with Crippen molar-refractivity contribution in [3.8, 4) is 0 Å². The highest BCUT2D eigenvalue weighted by atomic mass is 16.6. The molecule has 0 aliphatic carbocycles. The number of nitrogens with one attached hydrogen (secondary N) is 1. The highest BCUT2D eigenvalue weighted by Gasteiger charge is 2.24. The smallest absolute Gasteiger partial charge is 0.292 e. The first-order valence-corrected chi connectivity index (χ1v) is 9.55. The summed E-state index contributed by atoms with van der Waals surface area (Å²) in [6.07, 6.45) is 0. The van der Waals surface area contributed by atoms with Crippen LogP contribution in [0.5, 0.6) is 0 Å². The summed E-state index contributed by atoms with van der Waals surface area (Å²) in [6, 6.07) is 14.7. The van der Waals surface area contributed by atoms with Crippen molar-refractivity contribution < 1.29 is 9.72 Å². The number of rotatable bonds is 6. The van der Waals surface area contributed by atoms with Crippen molar-refractivity contribution in [3.63, 3.8) is 0 Å². The normalized spacial score (nSPS) is 14.9. The van der Waals surface area contributed by atoms with E-state index in [2.05, 4.69) is 24.1 Å². The van der Waals surface area contributed by atoms with E-state index in [-0.39, 0.29) is 16.5 Å². The molecule has 0 bridgehead atoms. The lowest BCUT2D eigenvalue weighted by Crippen LogP contribution is -2.48. The quantitative estimate of drug-likeness (QED) is 0.611. The molecule has 7 nitrogen and oxygen atoms in total. The number of anilines is 2. The Morgan fingerprint density at radius 2 is 1.71 bits per heavy atom. The number of nitro benzene ring substituents is 1. The van der Waals surface area contributed by atoms with Crippen molar-refractivity contribution in [2.75, 3.05) is 42.9 Å². The van der Waals surface area contributed by atoms with Crippen LogP contribution in [0, 0.1) is 10.1 Å². The maximum atomic E-state index is 12.5. The third-order valence-electron chi connectivity index (χ3n) is 5.02. The zero-order valence-electron chi connectivity index (χ0n) is 16.3. The lowest BCUT2D eigenvalue weighted by molar-refractivity contribution is -0.384. The molecule has 0 spiro atoms. The van der Waals surface area contributed by atoms with E-state index in [1.54, 1.807) is 12.1 Å². The summed E-state index contributed by atoms with van der Waals surface area (Å²) >= 11 is 0. The largest absolute Gasteiger partial charge is 0.363 e. The Morgan fingerprint density at radius 1 is 1.07 bits per heavy atom. The van der Waals surface area contributed by atoms with Gasteiger partial charge in [-0.05, 0) is 23.6 Å². The van der Waals surface area contributed by atoms with Crippen LogP contribution in [-0.4, -0.2) is 48.5 Å². The van der Waals surface area contributed by atoms with Crippen LogP contribution < -0.4 is 10.2 Å². The van der Waals surface area contributed by atoms with Crippen LogP contribution in [-0.2, 0) is 4.79 Å². The summed E-state index contributed by atoms with van der Waals surface area (Å²) in [5.74, 6) is 0.300. The molecule has 1 N–H and O–H groups in total. The molecule has 7 heteroatoms. The number of hydrogen-bond acceptors (Lipinski definition) is 5. The lowest BCUT2D eigenvalue weighted by Gasteiger charge is -2.35. The molecule has 1 aliphatic rings. The summed E-state index contributed by atoms with van der Waals surface area (Å²) in [7, 11) is 0. The zero-order valence-corrected chi connectivity index (χ0v) is 16.3. The number of nitro groups is 1. The van der Waals surface area contributed by atoms with Gasteiger partial charge in [0, 0.05) is 37.9 Å². The third kappa shape index (κ3) is 4.67. The molecule has 2 aromatic carbocycles. The third-order valence-corrected chi connectivity index (χ3v) is 5.02. The van der Waals surface area contributed by atoms with Crippen molar-refractivity contribution in [3.05, 3.63) is 64.2 Å². The van der Waals surface area contributed by atoms with Gasteiger partial charge in [0.1, 0.15) is 5.69 Å². The van der Waals surface area contributed by atoms with Gasteiger partial charge >= 0.3 is 0 Å². The van der Waals surface area contributed by atoms with Gasteiger partial charge in [0.25, 0.3) is 5.69 Å². The Labute approximate surface area is 165 Å². The molecule has 28 heavy (non-hydrogen) atoms. The second-order valence-electron chi connectivity index (χ2n) is 7.30. The molecule has 1 saturated heterocycles. The summed E-state index contributed by atoms with van der Waals surface area (Å²) < 4.78 is 0. The van der Waals surface area contributed by atoms with Gasteiger partial charge < -0.3 is 10.2 Å². The lowest BCUT2D eigenvalue weighted by atomic mass is 10.0. The second-order valence-corrected chi connectivity index (χ2v) is 7.30. The number of hydrogen-bond donors (Lipinski definition) is 1. The van der Waals surface area contributed by atoms with E-state index in [9.17, 15) is 14.9 Å². The first-order chi connectivity index (χ1) is 13.5. The highest BCUT2D eigenvalue weighted by molar-refractivity contribution is 5.93. The predicted octanol–water partition coefficient (Wildman–Crippen LogP) is 3.48. The molecular weight excluding hydrogens is 356 g/mol. The molecule has 0 saturated carbocycles. The van der Waals surface area contributed by atoms with E-state index < -0.39 is 0 Å². The summed E-state index contributed by atoms with van der Waals surface area (Å²) in [6.45, 7) is 7.20. The zero-order chi connectivity index (χ0) is 20.1. The van der Waals surface area contributed by atoms with Gasteiger partial charge in [0.05, 0.1) is 11.5 Å². The maximum absolute atomic E-state index is 12.5. The fourth-order valence-corrected chi connectivity index (χ4v) is 3.54. The molecule has 2 aromatic rings. The predicted molar refractivity (Wildman–Crippen MR) is 111 cm³/mol. The monoisotopic (exact) mass is 382 g/mol. The van der Waals surface area contributed by atoms with Crippen LogP contribution in [0.15, 0.2) is 48.5 Å². The Balaban J connectivity index is 1.56. The van der Waals surface area contributed by atoms with Gasteiger partial charge in [-0.1, -0.05) is 44.2 Å². The number of benzene rings is 2. The fourth-order valence-electron chi connectivity index (χ4n) is 3.54. The fraction of sp³-hybridized carbons (Fsp3) is 0.381. The molecule has 1 amide bonds. The number of para-hydroxylation sites is 3. The second kappa shape index (κ2) is 8.84. The highest BCUT2D eigenvalue weighted by Crippen LogP contribution is 2.28. The van der Waals surface area contributed by atoms with Crippen molar-refractivity contribution in [2.24, 2.45) is 0 Å². The number of carbonyl (C=O) groups excluding carboxylic acids is 1. The first kappa shape index (κ1) is 19.8. The molecule has 0 radical (unpaired) electrons. The number of carbonyl (C=O) groups is 1. The summed E-state index contributed by atoms with van der Waals surface area (Å²) in [5, 5.41) is 14.3. The van der Waals surface area contributed by atoms with Crippen molar-refractivity contribution in [1.82, 2.24) is 4.90 Å². The van der Waals surface area contributed by atoms with Gasteiger partial charge in [-0.3, -0.25) is 19.8 Å². The van der Waals surface area contributed by atoms with E-state index in [1.807, 2.05) is 35.2 Å². The Morgan fingerprint density at radius 3 is 2.39 bits per heavy atom. The molecule has 148 valence electrons. The van der Waals surface area contributed by atoms with Crippen LogP contribution in [0.1, 0.15) is 25.3 Å². The number of nitrogens with zero attached hydrogens (tertiary/aromatic N) is 3. The van der Waals surface area contributed by atoms with Gasteiger partial charge in [-0.25, -0.2) is 0 Å². The average Bonchev–Trinajstić information content (AvgIpc) is 2.68. The summed E-state index contributed by atoms with van der Waals surface area (Å²) in [5.41, 5.74) is 2.75. The molecular formula is C21H26N4O3. The van der Waals surface area contributed by atoms with Crippen molar-refractivity contribution in [1.29, 1.82) is 0 Å². The van der Waals surface area contributed by atoms with Gasteiger partial charge in [0.15, 0.2) is 0 Å².